The molecule has 0 fully saturated rings. The lowest BCUT2D eigenvalue weighted by atomic mass is 10.2. The van der Waals surface area contributed by atoms with Crippen molar-refractivity contribution in [2.24, 2.45) is 5.92 Å². The highest BCUT2D eigenvalue weighted by molar-refractivity contribution is 5.38. The van der Waals surface area contributed by atoms with E-state index < -0.39 is 0 Å². The first kappa shape index (κ1) is 17.0. The standard InChI is InChI=1S/C14H24N6O/c1-5-9-21-14-18-12(16-4)17-13(19-14)20(8-6-7-15)10-11(2)3/h11H,5-6,8-10H2,1-4H3,(H,16,17,18,19). The average Bonchev–Trinajstić information content (AvgIpc) is 2.48. The molecular formula is C14H24N6O. The van der Waals surface area contributed by atoms with Crippen LogP contribution in [0.3, 0.4) is 0 Å². The summed E-state index contributed by atoms with van der Waals surface area (Å²) in [6.45, 7) is 8.20. The summed E-state index contributed by atoms with van der Waals surface area (Å²) in [6.07, 6.45) is 1.32. The van der Waals surface area contributed by atoms with Gasteiger partial charge in [0.05, 0.1) is 19.1 Å². The van der Waals surface area contributed by atoms with Crippen molar-refractivity contribution < 1.29 is 4.74 Å². The number of hydrogen-bond acceptors (Lipinski definition) is 7. The summed E-state index contributed by atoms with van der Waals surface area (Å²) in [5.74, 6) is 1.46. The third kappa shape index (κ3) is 5.81. The van der Waals surface area contributed by atoms with Gasteiger partial charge in [0.25, 0.3) is 0 Å². The Morgan fingerprint density at radius 1 is 1.33 bits per heavy atom. The van der Waals surface area contributed by atoms with Gasteiger partial charge in [-0.1, -0.05) is 20.8 Å². The Labute approximate surface area is 126 Å². The summed E-state index contributed by atoms with van der Waals surface area (Å²) in [6, 6.07) is 2.48. The highest BCUT2D eigenvalue weighted by Crippen LogP contribution is 2.16. The molecule has 0 unspecified atom stereocenters. The largest absolute Gasteiger partial charge is 0.463 e. The van der Waals surface area contributed by atoms with E-state index in [0.717, 1.165) is 13.0 Å². The third-order valence-corrected chi connectivity index (χ3v) is 2.62. The van der Waals surface area contributed by atoms with Gasteiger partial charge < -0.3 is 15.0 Å². The number of nitrogens with one attached hydrogen (secondary N) is 1. The van der Waals surface area contributed by atoms with Gasteiger partial charge in [0.2, 0.25) is 11.9 Å². The van der Waals surface area contributed by atoms with Gasteiger partial charge in [-0.3, -0.25) is 0 Å². The Morgan fingerprint density at radius 3 is 2.67 bits per heavy atom. The molecule has 0 aliphatic heterocycles. The molecule has 0 spiro atoms. The van der Waals surface area contributed by atoms with Crippen LogP contribution in [0.2, 0.25) is 0 Å². The van der Waals surface area contributed by atoms with Gasteiger partial charge in [0.1, 0.15) is 0 Å². The van der Waals surface area contributed by atoms with Gasteiger partial charge in [-0.25, -0.2) is 0 Å². The SMILES string of the molecule is CCCOc1nc(NC)nc(N(CCC#N)CC(C)C)n1. The van der Waals surface area contributed by atoms with Crippen molar-refractivity contribution in [3.8, 4) is 12.1 Å². The zero-order chi connectivity index (χ0) is 15.7. The lowest BCUT2D eigenvalue weighted by Crippen LogP contribution is -2.30. The van der Waals surface area contributed by atoms with E-state index in [4.69, 9.17) is 10.00 Å². The molecule has 0 saturated heterocycles. The van der Waals surface area contributed by atoms with Crippen LogP contribution in [0.4, 0.5) is 11.9 Å². The highest BCUT2D eigenvalue weighted by Gasteiger charge is 2.15. The zero-order valence-corrected chi connectivity index (χ0v) is 13.3. The fourth-order valence-corrected chi connectivity index (χ4v) is 1.76. The number of rotatable bonds is 9. The van der Waals surface area contributed by atoms with Crippen LogP contribution in [-0.4, -0.2) is 41.7 Å². The number of hydrogen-bond donors (Lipinski definition) is 1. The quantitative estimate of drug-likeness (QED) is 0.745. The van der Waals surface area contributed by atoms with E-state index in [-0.39, 0.29) is 0 Å². The molecule has 0 atom stereocenters. The topological polar surface area (TPSA) is 87.0 Å². The molecular weight excluding hydrogens is 268 g/mol. The summed E-state index contributed by atoms with van der Waals surface area (Å²) < 4.78 is 5.50. The lowest BCUT2D eigenvalue weighted by molar-refractivity contribution is 0.291. The van der Waals surface area contributed by atoms with Crippen molar-refractivity contribution in [3.63, 3.8) is 0 Å². The number of aromatic nitrogens is 3. The Morgan fingerprint density at radius 2 is 2.10 bits per heavy atom. The van der Waals surface area contributed by atoms with Gasteiger partial charge in [0.15, 0.2) is 0 Å². The molecule has 7 heteroatoms. The van der Waals surface area contributed by atoms with Crippen LogP contribution in [-0.2, 0) is 0 Å². The van der Waals surface area contributed by atoms with Crippen molar-refractivity contribution in [3.05, 3.63) is 0 Å². The van der Waals surface area contributed by atoms with Gasteiger partial charge in [0, 0.05) is 20.1 Å². The second-order valence-corrected chi connectivity index (χ2v) is 5.09. The normalized spacial score (nSPS) is 10.3. The summed E-state index contributed by atoms with van der Waals surface area (Å²) in [7, 11) is 1.75. The monoisotopic (exact) mass is 292 g/mol. The molecule has 1 aromatic rings. The summed E-state index contributed by atoms with van der Waals surface area (Å²) >= 11 is 0. The average molecular weight is 292 g/mol. The predicted molar refractivity (Wildman–Crippen MR) is 82.4 cm³/mol. The number of ether oxygens (including phenoxy) is 1. The first-order valence-corrected chi connectivity index (χ1v) is 7.29. The second-order valence-electron chi connectivity index (χ2n) is 5.09. The Kier molecular flexibility index (Phi) is 7.23. The fraction of sp³-hybridized carbons (Fsp3) is 0.714. The van der Waals surface area contributed by atoms with Gasteiger partial charge in [-0.05, 0) is 12.3 Å². The molecule has 7 nitrogen and oxygen atoms in total. The van der Waals surface area contributed by atoms with Crippen LogP contribution in [0.15, 0.2) is 0 Å². The molecule has 0 radical (unpaired) electrons. The zero-order valence-electron chi connectivity index (χ0n) is 13.3. The van der Waals surface area contributed by atoms with Crippen molar-refractivity contribution in [2.75, 3.05) is 37.0 Å². The maximum Gasteiger partial charge on any atom is 0.323 e. The number of anilines is 2. The van der Waals surface area contributed by atoms with E-state index in [2.05, 4.69) is 40.2 Å². The summed E-state index contributed by atoms with van der Waals surface area (Å²) in [5.41, 5.74) is 0. The molecule has 0 aliphatic carbocycles. The Hall–Kier alpha value is -2.10. The van der Waals surface area contributed by atoms with Crippen molar-refractivity contribution in [1.29, 1.82) is 5.26 Å². The first-order chi connectivity index (χ1) is 10.1. The minimum absolute atomic E-state index is 0.317. The smallest absolute Gasteiger partial charge is 0.323 e. The first-order valence-electron chi connectivity index (χ1n) is 7.29. The molecule has 0 bridgehead atoms. The van der Waals surface area contributed by atoms with Crippen molar-refractivity contribution in [1.82, 2.24) is 15.0 Å². The molecule has 21 heavy (non-hydrogen) atoms. The van der Waals surface area contributed by atoms with Gasteiger partial charge in [-0.15, -0.1) is 0 Å². The van der Waals surface area contributed by atoms with E-state index >= 15 is 0 Å². The van der Waals surface area contributed by atoms with Crippen LogP contribution < -0.4 is 15.0 Å². The summed E-state index contributed by atoms with van der Waals surface area (Å²) in [4.78, 5) is 14.9. The van der Waals surface area contributed by atoms with Crippen LogP contribution in [0.5, 0.6) is 6.01 Å². The van der Waals surface area contributed by atoms with Crippen LogP contribution in [0.25, 0.3) is 0 Å². The van der Waals surface area contributed by atoms with Crippen LogP contribution in [0.1, 0.15) is 33.6 Å². The van der Waals surface area contributed by atoms with E-state index in [9.17, 15) is 0 Å². The van der Waals surface area contributed by atoms with Crippen molar-refractivity contribution in [2.45, 2.75) is 33.6 Å². The lowest BCUT2D eigenvalue weighted by Gasteiger charge is -2.23. The fourth-order valence-electron chi connectivity index (χ4n) is 1.76. The highest BCUT2D eigenvalue weighted by atomic mass is 16.5. The Balaban J connectivity index is 3.00. The minimum Gasteiger partial charge on any atom is -0.463 e. The van der Waals surface area contributed by atoms with Crippen molar-refractivity contribution >= 4 is 11.9 Å². The van der Waals surface area contributed by atoms with E-state index in [1.54, 1.807) is 7.05 Å². The van der Waals surface area contributed by atoms with Crippen LogP contribution >= 0.6 is 0 Å². The summed E-state index contributed by atoms with van der Waals surface area (Å²) in [5, 5.41) is 11.7. The second kappa shape index (κ2) is 8.95. The molecule has 1 rings (SSSR count). The van der Waals surface area contributed by atoms with E-state index in [1.807, 2.05) is 11.8 Å². The van der Waals surface area contributed by atoms with Crippen LogP contribution in [0, 0.1) is 17.2 Å². The van der Waals surface area contributed by atoms with E-state index in [1.165, 1.54) is 0 Å². The molecule has 1 aromatic heterocycles. The molecule has 0 aromatic carbocycles. The maximum absolute atomic E-state index is 8.80. The Bertz CT molecular complexity index is 471. The molecule has 1 heterocycles. The number of nitriles is 1. The third-order valence-electron chi connectivity index (χ3n) is 2.62. The maximum atomic E-state index is 8.80. The molecule has 0 aliphatic rings. The minimum atomic E-state index is 0.317. The van der Waals surface area contributed by atoms with Gasteiger partial charge in [-0.2, -0.15) is 20.2 Å². The molecule has 0 saturated carbocycles. The number of nitrogens with zero attached hydrogens (tertiary/aromatic N) is 5. The predicted octanol–water partition coefficient (Wildman–Crippen LogP) is 2.08. The molecule has 1 N–H and O–H groups in total. The van der Waals surface area contributed by atoms with Gasteiger partial charge >= 0.3 is 6.01 Å². The molecule has 0 amide bonds. The van der Waals surface area contributed by atoms with E-state index in [0.29, 0.717) is 43.4 Å². The molecule has 116 valence electrons.